The number of rotatable bonds is 13. The standard InChI is InChI=1S/C36H34N2O8/c1-42-30-13-9-12-26(34(30)46-5)20-28(38-35(40)24-10-7-6-8-11-24)36(41)37-27-17-14-23(15-18-27)29(39)19-16-25-21-32(44-3)33(45-4)22-31(25)43-2/h6-22H,1-5H3,(H,37,41)(H,38,40)/b19-16+,28-20-. The Bertz CT molecular complexity index is 1760. The molecule has 10 heteroatoms. The number of nitrogens with one attached hydrogen (secondary N) is 2. The van der Waals surface area contributed by atoms with Crippen LogP contribution in [0.3, 0.4) is 0 Å². The third-order valence-electron chi connectivity index (χ3n) is 6.84. The summed E-state index contributed by atoms with van der Waals surface area (Å²) in [6, 6.07) is 23.5. The van der Waals surface area contributed by atoms with Crippen LogP contribution in [-0.2, 0) is 4.79 Å². The van der Waals surface area contributed by atoms with E-state index >= 15 is 0 Å². The summed E-state index contributed by atoms with van der Waals surface area (Å²) >= 11 is 0. The van der Waals surface area contributed by atoms with Crippen molar-refractivity contribution in [3.05, 3.63) is 119 Å². The summed E-state index contributed by atoms with van der Waals surface area (Å²) in [6.45, 7) is 0. The number of para-hydroxylation sites is 1. The van der Waals surface area contributed by atoms with Gasteiger partial charge in [0.1, 0.15) is 11.4 Å². The first-order valence-electron chi connectivity index (χ1n) is 14.0. The predicted molar refractivity (Wildman–Crippen MR) is 176 cm³/mol. The Kier molecular flexibility index (Phi) is 11.2. The highest BCUT2D eigenvalue weighted by molar-refractivity contribution is 6.11. The van der Waals surface area contributed by atoms with Gasteiger partial charge in [-0.3, -0.25) is 14.4 Å². The number of hydrogen-bond acceptors (Lipinski definition) is 8. The normalized spacial score (nSPS) is 11.0. The van der Waals surface area contributed by atoms with Gasteiger partial charge in [0.25, 0.3) is 11.8 Å². The van der Waals surface area contributed by atoms with Gasteiger partial charge in [0.15, 0.2) is 28.8 Å². The van der Waals surface area contributed by atoms with Crippen molar-refractivity contribution in [1.82, 2.24) is 5.32 Å². The number of anilines is 1. The number of ketones is 1. The first-order chi connectivity index (χ1) is 22.3. The second-order valence-electron chi connectivity index (χ2n) is 9.64. The highest BCUT2D eigenvalue weighted by atomic mass is 16.5. The molecule has 0 heterocycles. The van der Waals surface area contributed by atoms with Crippen LogP contribution in [0.4, 0.5) is 5.69 Å². The Labute approximate surface area is 267 Å². The Morgan fingerprint density at radius 2 is 1.26 bits per heavy atom. The molecule has 4 aromatic rings. The smallest absolute Gasteiger partial charge is 0.272 e. The molecule has 10 nitrogen and oxygen atoms in total. The van der Waals surface area contributed by atoms with Gasteiger partial charge in [0.2, 0.25) is 0 Å². The second kappa shape index (κ2) is 15.6. The summed E-state index contributed by atoms with van der Waals surface area (Å²) in [6.07, 6.45) is 4.54. The van der Waals surface area contributed by atoms with Crippen molar-refractivity contribution in [2.45, 2.75) is 0 Å². The molecule has 0 atom stereocenters. The van der Waals surface area contributed by atoms with Gasteiger partial charge in [-0.05, 0) is 66.8 Å². The topological polar surface area (TPSA) is 121 Å². The fourth-order valence-corrected chi connectivity index (χ4v) is 4.48. The Hall–Kier alpha value is -6.03. The molecule has 0 aliphatic carbocycles. The number of amides is 2. The molecule has 0 spiro atoms. The number of hydrogen-bond donors (Lipinski definition) is 2. The van der Waals surface area contributed by atoms with E-state index < -0.39 is 11.8 Å². The van der Waals surface area contributed by atoms with Gasteiger partial charge >= 0.3 is 0 Å². The van der Waals surface area contributed by atoms with Crippen LogP contribution in [0.25, 0.3) is 12.2 Å². The quantitative estimate of drug-likeness (QED) is 0.137. The Morgan fingerprint density at radius 3 is 1.89 bits per heavy atom. The van der Waals surface area contributed by atoms with Gasteiger partial charge in [0.05, 0.1) is 35.5 Å². The average Bonchev–Trinajstić information content (AvgIpc) is 3.10. The van der Waals surface area contributed by atoms with Gasteiger partial charge in [-0.25, -0.2) is 0 Å². The summed E-state index contributed by atoms with van der Waals surface area (Å²) in [7, 11) is 7.56. The number of benzene rings is 4. The lowest BCUT2D eigenvalue weighted by Crippen LogP contribution is -2.30. The number of allylic oxidation sites excluding steroid dienone is 1. The van der Waals surface area contributed by atoms with E-state index in [4.69, 9.17) is 23.7 Å². The van der Waals surface area contributed by atoms with Crippen LogP contribution in [0.5, 0.6) is 28.7 Å². The molecule has 2 amide bonds. The fourth-order valence-electron chi connectivity index (χ4n) is 4.48. The Balaban J connectivity index is 1.56. The van der Waals surface area contributed by atoms with E-state index in [9.17, 15) is 14.4 Å². The lowest BCUT2D eigenvalue weighted by Gasteiger charge is -2.14. The molecule has 0 saturated heterocycles. The van der Waals surface area contributed by atoms with E-state index in [-0.39, 0.29) is 11.5 Å². The molecule has 2 N–H and O–H groups in total. The van der Waals surface area contributed by atoms with Crippen molar-refractivity contribution in [3.63, 3.8) is 0 Å². The molecule has 0 bridgehead atoms. The molecule has 236 valence electrons. The van der Waals surface area contributed by atoms with Crippen LogP contribution in [-0.4, -0.2) is 53.1 Å². The molecule has 0 saturated carbocycles. The minimum absolute atomic E-state index is 0.0349. The molecule has 4 aromatic carbocycles. The van der Waals surface area contributed by atoms with Crippen molar-refractivity contribution in [2.75, 3.05) is 40.9 Å². The van der Waals surface area contributed by atoms with E-state index in [0.717, 1.165) is 0 Å². The zero-order valence-corrected chi connectivity index (χ0v) is 26.1. The summed E-state index contributed by atoms with van der Waals surface area (Å²) in [5.74, 6) is 1.03. The summed E-state index contributed by atoms with van der Waals surface area (Å²) in [5, 5.41) is 5.48. The molecule has 0 unspecified atom stereocenters. The summed E-state index contributed by atoms with van der Waals surface area (Å²) in [5.41, 5.74) is 2.28. The van der Waals surface area contributed by atoms with Crippen molar-refractivity contribution in [1.29, 1.82) is 0 Å². The third kappa shape index (κ3) is 7.92. The van der Waals surface area contributed by atoms with Crippen LogP contribution < -0.4 is 34.3 Å². The molecular formula is C36H34N2O8. The maximum absolute atomic E-state index is 13.5. The van der Waals surface area contributed by atoms with Gasteiger partial charge in [-0.1, -0.05) is 30.3 Å². The number of carbonyl (C=O) groups excluding carboxylic acids is 3. The zero-order chi connectivity index (χ0) is 33.1. The molecule has 0 fully saturated rings. The van der Waals surface area contributed by atoms with Crippen molar-refractivity contribution < 1.29 is 38.1 Å². The SMILES string of the molecule is COc1cc(OC)c(OC)cc1/C=C/C(=O)c1ccc(NC(=O)/C(=C/c2cccc(OC)c2OC)NC(=O)c2ccccc2)cc1. The van der Waals surface area contributed by atoms with Gasteiger partial charge in [0, 0.05) is 34.0 Å². The molecule has 4 rings (SSSR count). The van der Waals surface area contributed by atoms with Crippen LogP contribution in [0, 0.1) is 0 Å². The minimum Gasteiger partial charge on any atom is -0.496 e. The van der Waals surface area contributed by atoms with Crippen LogP contribution >= 0.6 is 0 Å². The van der Waals surface area contributed by atoms with Crippen molar-refractivity contribution in [3.8, 4) is 28.7 Å². The molecule has 46 heavy (non-hydrogen) atoms. The van der Waals surface area contributed by atoms with E-state index in [1.165, 1.54) is 47.7 Å². The van der Waals surface area contributed by atoms with Gasteiger partial charge < -0.3 is 34.3 Å². The highest BCUT2D eigenvalue weighted by Crippen LogP contribution is 2.35. The molecule has 0 aromatic heterocycles. The zero-order valence-electron chi connectivity index (χ0n) is 26.1. The van der Waals surface area contributed by atoms with Crippen molar-refractivity contribution in [2.24, 2.45) is 0 Å². The first-order valence-corrected chi connectivity index (χ1v) is 14.0. The molecular weight excluding hydrogens is 588 g/mol. The number of ether oxygens (including phenoxy) is 5. The van der Waals surface area contributed by atoms with Gasteiger partial charge in [-0.15, -0.1) is 0 Å². The monoisotopic (exact) mass is 622 g/mol. The van der Waals surface area contributed by atoms with Crippen molar-refractivity contribution >= 4 is 35.4 Å². The number of methoxy groups -OCH3 is 5. The third-order valence-corrected chi connectivity index (χ3v) is 6.84. The van der Waals surface area contributed by atoms with E-state index in [0.29, 0.717) is 56.7 Å². The minimum atomic E-state index is -0.589. The lowest BCUT2D eigenvalue weighted by molar-refractivity contribution is -0.113. The molecule has 0 aliphatic rings. The lowest BCUT2D eigenvalue weighted by atomic mass is 10.1. The second-order valence-corrected chi connectivity index (χ2v) is 9.64. The number of carbonyl (C=O) groups is 3. The summed E-state index contributed by atoms with van der Waals surface area (Å²) < 4.78 is 27.0. The fraction of sp³-hybridized carbons (Fsp3) is 0.139. The maximum Gasteiger partial charge on any atom is 0.272 e. The van der Waals surface area contributed by atoms with E-state index in [1.807, 2.05) is 0 Å². The summed E-state index contributed by atoms with van der Waals surface area (Å²) in [4.78, 5) is 39.5. The van der Waals surface area contributed by atoms with Crippen LogP contribution in [0.15, 0.2) is 96.7 Å². The molecule has 0 aliphatic heterocycles. The van der Waals surface area contributed by atoms with E-state index in [2.05, 4.69) is 10.6 Å². The van der Waals surface area contributed by atoms with Crippen LogP contribution in [0.1, 0.15) is 31.8 Å². The maximum atomic E-state index is 13.5. The Morgan fingerprint density at radius 1 is 0.609 bits per heavy atom. The predicted octanol–water partition coefficient (Wildman–Crippen LogP) is 6.04. The largest absolute Gasteiger partial charge is 0.496 e. The van der Waals surface area contributed by atoms with E-state index in [1.54, 1.807) is 91.0 Å². The highest BCUT2D eigenvalue weighted by Gasteiger charge is 2.18. The first kappa shape index (κ1) is 32.9. The average molecular weight is 623 g/mol. The van der Waals surface area contributed by atoms with Crippen LogP contribution in [0.2, 0.25) is 0 Å². The molecule has 0 radical (unpaired) electrons. The van der Waals surface area contributed by atoms with Gasteiger partial charge in [-0.2, -0.15) is 0 Å².